The van der Waals surface area contributed by atoms with Gasteiger partial charge in [-0.2, -0.15) is 0 Å². The van der Waals surface area contributed by atoms with Crippen molar-refractivity contribution in [3.05, 3.63) is 23.8 Å². The summed E-state index contributed by atoms with van der Waals surface area (Å²) in [5.74, 6) is 0.0797. The molecule has 0 bridgehead atoms. The molecule has 2 aliphatic rings. The topological polar surface area (TPSA) is 65.0 Å². The molecule has 0 spiro atoms. The monoisotopic (exact) mass is 250 g/mol. The molecule has 1 saturated heterocycles. The lowest BCUT2D eigenvalue weighted by Gasteiger charge is -2.44. The molecule has 0 aliphatic carbocycles. The summed E-state index contributed by atoms with van der Waals surface area (Å²) in [5.41, 5.74) is 0.486. The predicted molar refractivity (Wildman–Crippen MR) is 61.9 cm³/mol. The second-order valence-electron chi connectivity index (χ2n) is 4.78. The van der Waals surface area contributed by atoms with Crippen LogP contribution in [0.15, 0.2) is 18.2 Å². The number of hydrogen-bond donors (Lipinski definition) is 1. The lowest BCUT2D eigenvalue weighted by molar-refractivity contribution is -0.155. The number of benzene rings is 1. The van der Waals surface area contributed by atoms with Gasteiger partial charge >= 0.3 is 5.97 Å². The van der Waals surface area contributed by atoms with Gasteiger partial charge in [0.1, 0.15) is 0 Å². The molecular formula is C13H14O5. The third-order valence-electron chi connectivity index (χ3n) is 3.87. The SMILES string of the molecule is CC(C(=O)O)C1(c2ccc3c(c2)OCO3)COC1. The number of carboxylic acids is 1. The van der Waals surface area contributed by atoms with Crippen molar-refractivity contribution in [1.29, 1.82) is 0 Å². The molecule has 96 valence electrons. The van der Waals surface area contributed by atoms with E-state index in [1.807, 2.05) is 18.2 Å². The lowest BCUT2D eigenvalue weighted by atomic mass is 9.69. The Hall–Kier alpha value is -1.75. The van der Waals surface area contributed by atoms with Crippen molar-refractivity contribution in [1.82, 2.24) is 0 Å². The average molecular weight is 250 g/mol. The number of rotatable bonds is 3. The smallest absolute Gasteiger partial charge is 0.307 e. The van der Waals surface area contributed by atoms with Crippen molar-refractivity contribution < 1.29 is 24.1 Å². The van der Waals surface area contributed by atoms with Crippen LogP contribution in [0.4, 0.5) is 0 Å². The van der Waals surface area contributed by atoms with Crippen LogP contribution in [0.25, 0.3) is 0 Å². The van der Waals surface area contributed by atoms with Gasteiger partial charge in [0, 0.05) is 0 Å². The van der Waals surface area contributed by atoms with Gasteiger partial charge in [0.05, 0.1) is 24.5 Å². The minimum Gasteiger partial charge on any atom is -0.481 e. The van der Waals surface area contributed by atoms with Gasteiger partial charge in [0.25, 0.3) is 0 Å². The maximum absolute atomic E-state index is 11.2. The van der Waals surface area contributed by atoms with Gasteiger partial charge in [-0.05, 0) is 17.7 Å². The molecule has 0 radical (unpaired) electrons. The van der Waals surface area contributed by atoms with Crippen LogP contribution in [0.2, 0.25) is 0 Å². The molecule has 1 aromatic rings. The van der Waals surface area contributed by atoms with E-state index in [0.29, 0.717) is 24.7 Å². The predicted octanol–water partition coefficient (Wildman–Crippen LogP) is 1.40. The zero-order valence-electron chi connectivity index (χ0n) is 10.0. The van der Waals surface area contributed by atoms with E-state index >= 15 is 0 Å². The molecule has 1 aromatic carbocycles. The molecule has 0 saturated carbocycles. The zero-order valence-corrected chi connectivity index (χ0v) is 10.0. The molecule has 1 fully saturated rings. The van der Waals surface area contributed by atoms with Crippen LogP contribution in [0, 0.1) is 5.92 Å². The number of hydrogen-bond acceptors (Lipinski definition) is 4. The number of aliphatic carboxylic acids is 1. The lowest BCUT2D eigenvalue weighted by Crippen LogP contribution is -2.53. The highest BCUT2D eigenvalue weighted by Crippen LogP contribution is 2.43. The number of fused-ring (bicyclic) bond motifs is 1. The molecule has 1 unspecified atom stereocenters. The quantitative estimate of drug-likeness (QED) is 0.878. The van der Waals surface area contributed by atoms with E-state index in [9.17, 15) is 9.90 Å². The molecule has 3 rings (SSSR count). The van der Waals surface area contributed by atoms with Gasteiger partial charge in [-0.1, -0.05) is 13.0 Å². The normalized spacial score (nSPS) is 21.2. The molecule has 18 heavy (non-hydrogen) atoms. The standard InChI is InChI=1S/C13H14O5/c1-8(12(14)15)13(5-16-6-13)9-2-3-10-11(4-9)18-7-17-10/h2-4,8H,5-7H2,1H3,(H,14,15). The van der Waals surface area contributed by atoms with Gasteiger partial charge in [-0.3, -0.25) is 4.79 Å². The summed E-state index contributed by atoms with van der Waals surface area (Å²) in [5, 5.41) is 9.23. The minimum atomic E-state index is -0.809. The van der Waals surface area contributed by atoms with E-state index in [1.165, 1.54) is 0 Å². The summed E-state index contributed by atoms with van der Waals surface area (Å²) in [6, 6.07) is 5.59. The van der Waals surface area contributed by atoms with Crippen molar-refractivity contribution in [2.24, 2.45) is 5.92 Å². The van der Waals surface area contributed by atoms with Gasteiger partial charge in [0.2, 0.25) is 6.79 Å². The Morgan fingerprint density at radius 1 is 1.33 bits per heavy atom. The highest BCUT2D eigenvalue weighted by molar-refractivity contribution is 5.72. The minimum absolute atomic E-state index is 0.219. The third kappa shape index (κ3) is 1.47. The van der Waals surface area contributed by atoms with E-state index < -0.39 is 17.3 Å². The summed E-state index contributed by atoms with van der Waals surface area (Å²) in [4.78, 5) is 11.2. The first-order valence-corrected chi connectivity index (χ1v) is 5.84. The summed E-state index contributed by atoms with van der Waals surface area (Å²) in [6.45, 7) is 2.80. The van der Waals surface area contributed by atoms with E-state index in [-0.39, 0.29) is 6.79 Å². The summed E-state index contributed by atoms with van der Waals surface area (Å²) < 4.78 is 15.8. The van der Waals surface area contributed by atoms with Crippen LogP contribution in [0.1, 0.15) is 12.5 Å². The molecule has 1 atom stereocenters. The van der Waals surface area contributed by atoms with E-state index in [0.717, 1.165) is 5.56 Å². The van der Waals surface area contributed by atoms with Crippen molar-refractivity contribution >= 4 is 5.97 Å². The molecule has 2 aliphatic heterocycles. The Labute approximate surface area is 104 Å². The van der Waals surface area contributed by atoms with E-state index in [4.69, 9.17) is 14.2 Å². The molecule has 0 amide bonds. The second kappa shape index (κ2) is 3.88. The first-order chi connectivity index (χ1) is 8.63. The fourth-order valence-corrected chi connectivity index (χ4v) is 2.43. The average Bonchev–Trinajstić information content (AvgIpc) is 2.74. The summed E-state index contributed by atoms with van der Waals surface area (Å²) >= 11 is 0. The maximum atomic E-state index is 11.2. The Morgan fingerprint density at radius 3 is 2.67 bits per heavy atom. The van der Waals surface area contributed by atoms with Crippen molar-refractivity contribution in [2.75, 3.05) is 20.0 Å². The Morgan fingerprint density at radius 2 is 2.06 bits per heavy atom. The first kappa shape index (κ1) is 11.3. The largest absolute Gasteiger partial charge is 0.481 e. The van der Waals surface area contributed by atoms with Gasteiger partial charge in [-0.25, -0.2) is 0 Å². The number of carboxylic acid groups (broad SMARTS) is 1. The maximum Gasteiger partial charge on any atom is 0.307 e. The Bertz CT molecular complexity index is 492. The highest BCUT2D eigenvalue weighted by Gasteiger charge is 2.48. The number of ether oxygens (including phenoxy) is 3. The molecule has 5 heteroatoms. The fourth-order valence-electron chi connectivity index (χ4n) is 2.43. The highest BCUT2D eigenvalue weighted by atomic mass is 16.7. The van der Waals surface area contributed by atoms with Crippen LogP contribution in [0.3, 0.4) is 0 Å². The summed E-state index contributed by atoms with van der Waals surface area (Å²) in [7, 11) is 0. The van der Waals surface area contributed by atoms with Gasteiger partial charge in [-0.15, -0.1) is 0 Å². The molecule has 0 aromatic heterocycles. The molecule has 1 N–H and O–H groups in total. The van der Waals surface area contributed by atoms with Crippen LogP contribution in [-0.2, 0) is 14.9 Å². The second-order valence-corrected chi connectivity index (χ2v) is 4.78. The van der Waals surface area contributed by atoms with Gasteiger partial charge in [0.15, 0.2) is 11.5 Å². The first-order valence-electron chi connectivity index (χ1n) is 5.84. The Balaban J connectivity index is 1.99. The molecule has 2 heterocycles. The van der Waals surface area contributed by atoms with Crippen LogP contribution in [0.5, 0.6) is 11.5 Å². The van der Waals surface area contributed by atoms with Crippen molar-refractivity contribution in [3.63, 3.8) is 0 Å². The van der Waals surface area contributed by atoms with Crippen LogP contribution >= 0.6 is 0 Å². The van der Waals surface area contributed by atoms with Gasteiger partial charge < -0.3 is 19.3 Å². The van der Waals surface area contributed by atoms with Crippen LogP contribution in [-0.4, -0.2) is 31.1 Å². The third-order valence-corrected chi connectivity index (χ3v) is 3.87. The molecular weight excluding hydrogens is 236 g/mol. The zero-order chi connectivity index (χ0) is 12.8. The fraction of sp³-hybridized carbons (Fsp3) is 0.462. The summed E-state index contributed by atoms with van der Waals surface area (Å²) in [6.07, 6.45) is 0. The Kier molecular flexibility index (Phi) is 2.45. The molecule has 5 nitrogen and oxygen atoms in total. The number of carbonyl (C=O) groups is 1. The van der Waals surface area contributed by atoms with E-state index in [2.05, 4.69) is 0 Å². The van der Waals surface area contributed by atoms with Crippen molar-refractivity contribution in [2.45, 2.75) is 12.3 Å². The van der Waals surface area contributed by atoms with Crippen molar-refractivity contribution in [3.8, 4) is 11.5 Å². The van der Waals surface area contributed by atoms with Crippen LogP contribution < -0.4 is 9.47 Å². The van der Waals surface area contributed by atoms with E-state index in [1.54, 1.807) is 6.92 Å².